The van der Waals surface area contributed by atoms with Crippen molar-refractivity contribution in [3.8, 4) is 0 Å². The number of hydrogen-bond donors (Lipinski definition) is 0. The molecule has 0 radical (unpaired) electrons. The highest BCUT2D eigenvalue weighted by Crippen LogP contribution is 2.26. The van der Waals surface area contributed by atoms with E-state index in [0.717, 1.165) is 12.1 Å². The molecule has 70 valence electrons. The average molecular weight is 268 g/mol. The van der Waals surface area contributed by atoms with Gasteiger partial charge in [0.15, 0.2) is 0 Å². The van der Waals surface area contributed by atoms with E-state index in [9.17, 15) is 14.5 Å². The third-order valence-corrected chi connectivity index (χ3v) is 2.41. The lowest BCUT2D eigenvalue weighted by molar-refractivity contribution is -0.387. The predicted molar refractivity (Wildman–Crippen MR) is 50.7 cm³/mol. The molecule has 1 aromatic rings. The molecule has 0 aliphatic carbocycles. The lowest BCUT2D eigenvalue weighted by atomic mass is 10.2. The maximum Gasteiger partial charge on any atom is 0.305 e. The van der Waals surface area contributed by atoms with E-state index in [1.54, 1.807) is 0 Å². The minimum atomic E-state index is -0.917. The van der Waals surface area contributed by atoms with E-state index in [1.807, 2.05) is 0 Å². The molecule has 0 aliphatic rings. The molecular formula is C7H4BrClFNO2. The molecule has 0 fully saturated rings. The Balaban J connectivity index is 3.30. The van der Waals surface area contributed by atoms with Gasteiger partial charge in [-0.2, -0.15) is 4.39 Å². The number of rotatable bonds is 2. The van der Waals surface area contributed by atoms with Crippen LogP contribution in [0.4, 0.5) is 10.1 Å². The standard InChI is InChI=1S/C7H4BrClFNO2/c8-3-4-1-7(11(12)13)6(10)2-5(4)9/h1-2H,3H2. The van der Waals surface area contributed by atoms with Gasteiger partial charge in [-0.05, 0) is 11.6 Å². The fourth-order valence-electron chi connectivity index (χ4n) is 0.823. The Bertz CT molecular complexity index is 359. The number of alkyl halides is 1. The van der Waals surface area contributed by atoms with Crippen molar-refractivity contribution < 1.29 is 9.31 Å². The van der Waals surface area contributed by atoms with Crippen LogP contribution in [0, 0.1) is 15.9 Å². The van der Waals surface area contributed by atoms with Crippen molar-refractivity contribution >= 4 is 33.2 Å². The molecule has 0 N–H and O–H groups in total. The molecule has 0 aromatic heterocycles. The molecule has 13 heavy (non-hydrogen) atoms. The first-order valence-corrected chi connectivity index (χ1v) is 4.74. The van der Waals surface area contributed by atoms with E-state index >= 15 is 0 Å². The first-order valence-electron chi connectivity index (χ1n) is 3.24. The summed E-state index contributed by atoms with van der Waals surface area (Å²) in [5.74, 6) is -0.917. The molecule has 0 saturated carbocycles. The topological polar surface area (TPSA) is 43.1 Å². The molecular weight excluding hydrogens is 264 g/mol. The molecule has 1 rings (SSSR count). The van der Waals surface area contributed by atoms with Crippen molar-refractivity contribution in [2.45, 2.75) is 5.33 Å². The monoisotopic (exact) mass is 267 g/mol. The highest BCUT2D eigenvalue weighted by molar-refractivity contribution is 9.08. The summed E-state index contributed by atoms with van der Waals surface area (Å²) in [5.41, 5.74) is -0.0615. The van der Waals surface area contributed by atoms with Gasteiger partial charge in [0.1, 0.15) is 0 Å². The fourth-order valence-corrected chi connectivity index (χ4v) is 1.67. The molecule has 0 aliphatic heterocycles. The Morgan fingerprint density at radius 2 is 2.23 bits per heavy atom. The summed E-state index contributed by atoms with van der Waals surface area (Å²) in [7, 11) is 0. The van der Waals surface area contributed by atoms with Crippen molar-refractivity contribution in [2.24, 2.45) is 0 Å². The van der Waals surface area contributed by atoms with Crippen molar-refractivity contribution in [1.29, 1.82) is 0 Å². The summed E-state index contributed by atoms with van der Waals surface area (Å²) < 4.78 is 12.9. The van der Waals surface area contributed by atoms with E-state index in [0.29, 0.717) is 10.9 Å². The number of nitrogens with zero attached hydrogens (tertiary/aromatic N) is 1. The van der Waals surface area contributed by atoms with Gasteiger partial charge in [-0.15, -0.1) is 0 Å². The lowest BCUT2D eigenvalue weighted by Gasteiger charge is -2.00. The normalized spacial score (nSPS) is 10.1. The van der Waals surface area contributed by atoms with Gasteiger partial charge in [0.05, 0.1) is 4.92 Å². The van der Waals surface area contributed by atoms with Crippen LogP contribution in [-0.2, 0) is 5.33 Å². The zero-order valence-corrected chi connectivity index (χ0v) is 8.60. The van der Waals surface area contributed by atoms with Gasteiger partial charge < -0.3 is 0 Å². The molecule has 1 aromatic carbocycles. The summed E-state index contributed by atoms with van der Waals surface area (Å²) in [4.78, 5) is 9.53. The quantitative estimate of drug-likeness (QED) is 0.469. The van der Waals surface area contributed by atoms with E-state index in [-0.39, 0.29) is 5.02 Å². The third kappa shape index (κ3) is 2.16. The van der Waals surface area contributed by atoms with Crippen molar-refractivity contribution in [1.82, 2.24) is 0 Å². The van der Waals surface area contributed by atoms with Gasteiger partial charge in [0, 0.05) is 16.4 Å². The van der Waals surface area contributed by atoms with Gasteiger partial charge in [-0.3, -0.25) is 10.1 Å². The van der Waals surface area contributed by atoms with Crippen molar-refractivity contribution in [2.75, 3.05) is 0 Å². The first kappa shape index (κ1) is 10.4. The number of nitro groups is 1. The SMILES string of the molecule is O=[N+]([O-])c1cc(CBr)c(Cl)cc1F. The molecule has 3 nitrogen and oxygen atoms in total. The molecule has 0 spiro atoms. The van der Waals surface area contributed by atoms with Crippen LogP contribution < -0.4 is 0 Å². The Kier molecular flexibility index (Phi) is 3.22. The number of hydrogen-bond acceptors (Lipinski definition) is 2. The smallest absolute Gasteiger partial charge is 0.258 e. The Morgan fingerprint density at radius 1 is 1.62 bits per heavy atom. The molecule has 6 heteroatoms. The molecule has 0 bridgehead atoms. The summed E-state index contributed by atoms with van der Waals surface area (Å²) in [6.45, 7) is 0. The summed E-state index contributed by atoms with van der Waals surface area (Å²) in [5, 5.41) is 10.8. The molecule has 0 unspecified atom stereocenters. The largest absolute Gasteiger partial charge is 0.305 e. The molecule has 0 atom stereocenters. The second kappa shape index (κ2) is 4.02. The highest BCUT2D eigenvalue weighted by atomic mass is 79.9. The van der Waals surface area contributed by atoms with E-state index in [2.05, 4.69) is 15.9 Å². The van der Waals surface area contributed by atoms with Crippen LogP contribution in [0.3, 0.4) is 0 Å². The van der Waals surface area contributed by atoms with Crippen LogP contribution in [-0.4, -0.2) is 4.92 Å². The maximum absolute atomic E-state index is 12.9. The van der Waals surface area contributed by atoms with Crippen LogP contribution in [0.5, 0.6) is 0 Å². The Morgan fingerprint density at radius 3 is 2.69 bits per heavy atom. The van der Waals surface area contributed by atoms with Crippen LogP contribution in [0.15, 0.2) is 12.1 Å². The fraction of sp³-hybridized carbons (Fsp3) is 0.143. The summed E-state index contributed by atoms with van der Waals surface area (Å²) in [6, 6.07) is 2.06. The van der Waals surface area contributed by atoms with Crippen molar-refractivity contribution in [3.63, 3.8) is 0 Å². The Labute approximate surface area is 86.8 Å². The molecule has 0 saturated heterocycles. The minimum Gasteiger partial charge on any atom is -0.258 e. The zero-order chi connectivity index (χ0) is 10.0. The van der Waals surface area contributed by atoms with Gasteiger partial charge in [-0.25, -0.2) is 0 Å². The Hall–Kier alpha value is -0.680. The predicted octanol–water partition coefficient (Wildman–Crippen LogP) is 3.28. The van der Waals surface area contributed by atoms with Gasteiger partial charge in [-0.1, -0.05) is 27.5 Å². The van der Waals surface area contributed by atoms with E-state index in [1.165, 1.54) is 0 Å². The van der Waals surface area contributed by atoms with Crippen LogP contribution in [0.1, 0.15) is 5.56 Å². The van der Waals surface area contributed by atoms with Crippen LogP contribution in [0.2, 0.25) is 5.02 Å². The number of halogens is 3. The number of nitro benzene ring substituents is 1. The lowest BCUT2D eigenvalue weighted by Crippen LogP contribution is -1.94. The second-order valence-electron chi connectivity index (χ2n) is 2.29. The minimum absolute atomic E-state index is 0.181. The second-order valence-corrected chi connectivity index (χ2v) is 3.25. The van der Waals surface area contributed by atoms with Crippen LogP contribution in [0.25, 0.3) is 0 Å². The van der Waals surface area contributed by atoms with Crippen LogP contribution >= 0.6 is 27.5 Å². The van der Waals surface area contributed by atoms with E-state index in [4.69, 9.17) is 11.6 Å². The third-order valence-electron chi connectivity index (χ3n) is 1.46. The zero-order valence-electron chi connectivity index (χ0n) is 6.26. The molecule has 0 heterocycles. The summed E-state index contributed by atoms with van der Waals surface area (Å²) in [6.07, 6.45) is 0. The van der Waals surface area contributed by atoms with Gasteiger partial charge in [0.25, 0.3) is 0 Å². The van der Waals surface area contributed by atoms with E-state index < -0.39 is 16.4 Å². The average Bonchev–Trinajstić information content (AvgIpc) is 2.03. The van der Waals surface area contributed by atoms with Gasteiger partial charge in [0.2, 0.25) is 5.82 Å². The molecule has 0 amide bonds. The number of benzene rings is 1. The maximum atomic E-state index is 12.9. The van der Waals surface area contributed by atoms with Crippen molar-refractivity contribution in [3.05, 3.63) is 38.7 Å². The summed E-state index contributed by atoms with van der Waals surface area (Å²) >= 11 is 8.70. The first-order chi connectivity index (χ1) is 6.06. The highest BCUT2D eigenvalue weighted by Gasteiger charge is 2.16. The van der Waals surface area contributed by atoms with Gasteiger partial charge >= 0.3 is 5.69 Å².